The van der Waals surface area contributed by atoms with E-state index < -0.39 is 19.1 Å². The molecule has 0 spiro atoms. The molecule has 0 unspecified atom stereocenters. The largest absolute Gasteiger partial charge is 0.483 e. The van der Waals surface area contributed by atoms with Gasteiger partial charge in [0.25, 0.3) is 5.92 Å². The molecule has 0 amide bonds. The Morgan fingerprint density at radius 3 is 2.81 bits per heavy atom. The molecule has 2 rings (SSSR count). The van der Waals surface area contributed by atoms with Crippen molar-refractivity contribution in [1.82, 2.24) is 10.2 Å². The number of alkyl halides is 2. The summed E-state index contributed by atoms with van der Waals surface area (Å²) in [4.78, 5) is 1.34. The van der Waals surface area contributed by atoms with E-state index in [0.717, 1.165) is 0 Å². The minimum atomic E-state index is -2.91. The lowest BCUT2D eigenvalue weighted by Crippen LogP contribution is -2.36. The summed E-state index contributed by atoms with van der Waals surface area (Å²) in [5, 5.41) is 7.49. The molecule has 1 aromatic rings. The van der Waals surface area contributed by atoms with Gasteiger partial charge in [0.1, 0.15) is 11.4 Å². The zero-order valence-corrected chi connectivity index (χ0v) is 9.55. The number of rotatable bonds is 0. The van der Waals surface area contributed by atoms with Crippen LogP contribution in [0.1, 0.15) is 5.69 Å². The quantitative estimate of drug-likeness (QED) is 0.704. The lowest BCUT2D eigenvalue weighted by atomic mass is 10.3. The molecule has 0 aromatic carbocycles. The van der Waals surface area contributed by atoms with Crippen molar-refractivity contribution < 1.29 is 13.5 Å². The van der Waals surface area contributed by atoms with Crippen LogP contribution >= 0.6 is 11.6 Å². The number of ether oxygens (including phenoxy) is 1. The molecular weight excluding hydrogens is 240 g/mol. The van der Waals surface area contributed by atoms with Gasteiger partial charge in [-0.3, -0.25) is 0 Å². The van der Waals surface area contributed by atoms with Crippen LogP contribution in [0.4, 0.5) is 14.5 Å². The normalized spacial score (nSPS) is 18.7. The summed E-state index contributed by atoms with van der Waals surface area (Å²) in [5.41, 5.74) is 0.815. The third kappa shape index (κ3) is 1.89. The van der Waals surface area contributed by atoms with Gasteiger partial charge in [0.05, 0.1) is 6.54 Å². The topological polar surface area (TPSA) is 38.3 Å². The lowest BCUT2D eigenvalue weighted by Gasteiger charge is -2.21. The SMILES string of the molecule is Cc1nnc(Cl)c2c1OCC(F)(F)CN2C. The smallest absolute Gasteiger partial charge is 0.298 e. The van der Waals surface area contributed by atoms with Crippen LogP contribution in [0.5, 0.6) is 5.75 Å². The number of hydrogen-bond acceptors (Lipinski definition) is 4. The van der Waals surface area contributed by atoms with Gasteiger partial charge < -0.3 is 9.64 Å². The predicted molar refractivity (Wildman–Crippen MR) is 55.5 cm³/mol. The fourth-order valence-electron chi connectivity index (χ4n) is 1.63. The van der Waals surface area contributed by atoms with Gasteiger partial charge in [0.15, 0.2) is 17.5 Å². The van der Waals surface area contributed by atoms with E-state index in [9.17, 15) is 8.78 Å². The second kappa shape index (κ2) is 3.69. The molecule has 0 N–H and O–H groups in total. The molecule has 88 valence electrons. The average molecular weight is 250 g/mol. The number of aryl methyl sites for hydroxylation is 1. The predicted octanol–water partition coefficient (Wildman–Crippen LogP) is 1.90. The van der Waals surface area contributed by atoms with Crippen molar-refractivity contribution in [3.8, 4) is 5.75 Å². The molecule has 0 bridgehead atoms. The van der Waals surface area contributed by atoms with Gasteiger partial charge in [-0.2, -0.15) is 5.10 Å². The van der Waals surface area contributed by atoms with Crippen LogP contribution in [0, 0.1) is 6.92 Å². The van der Waals surface area contributed by atoms with Crippen molar-refractivity contribution >= 4 is 17.3 Å². The van der Waals surface area contributed by atoms with Gasteiger partial charge >= 0.3 is 0 Å². The van der Waals surface area contributed by atoms with Crippen LogP contribution in [0.25, 0.3) is 0 Å². The summed E-state index contributed by atoms with van der Waals surface area (Å²) in [5.74, 6) is -2.64. The lowest BCUT2D eigenvalue weighted by molar-refractivity contribution is -0.0285. The zero-order chi connectivity index (χ0) is 11.9. The van der Waals surface area contributed by atoms with E-state index in [1.54, 1.807) is 6.92 Å². The van der Waals surface area contributed by atoms with Crippen molar-refractivity contribution in [1.29, 1.82) is 0 Å². The van der Waals surface area contributed by atoms with Crippen molar-refractivity contribution in [2.75, 3.05) is 25.1 Å². The Bertz CT molecular complexity index is 427. The van der Waals surface area contributed by atoms with Crippen molar-refractivity contribution in [3.05, 3.63) is 10.8 Å². The Morgan fingerprint density at radius 2 is 2.12 bits per heavy atom. The number of halogens is 3. The van der Waals surface area contributed by atoms with Crippen molar-refractivity contribution in [3.63, 3.8) is 0 Å². The molecule has 0 radical (unpaired) electrons. The second-order valence-corrected chi connectivity index (χ2v) is 4.11. The van der Waals surface area contributed by atoms with E-state index >= 15 is 0 Å². The maximum Gasteiger partial charge on any atom is 0.298 e. The Hall–Kier alpha value is -1.17. The number of nitrogens with zero attached hydrogens (tertiary/aromatic N) is 3. The fourth-order valence-corrected chi connectivity index (χ4v) is 1.90. The van der Waals surface area contributed by atoms with E-state index in [4.69, 9.17) is 16.3 Å². The Balaban J connectivity index is 2.52. The first kappa shape index (κ1) is 11.3. The van der Waals surface area contributed by atoms with Crippen molar-refractivity contribution in [2.45, 2.75) is 12.8 Å². The van der Waals surface area contributed by atoms with Gasteiger partial charge in [-0.1, -0.05) is 11.6 Å². The number of fused-ring (bicyclic) bond motifs is 1. The van der Waals surface area contributed by atoms with E-state index in [1.165, 1.54) is 11.9 Å². The molecule has 0 fully saturated rings. The molecule has 1 aliphatic rings. The highest BCUT2D eigenvalue weighted by Gasteiger charge is 2.37. The summed E-state index contributed by atoms with van der Waals surface area (Å²) in [6.07, 6.45) is 0. The molecule has 0 atom stereocenters. The van der Waals surface area contributed by atoms with Gasteiger partial charge in [-0.25, -0.2) is 8.78 Å². The third-order valence-corrected chi connectivity index (χ3v) is 2.56. The third-order valence-electron chi connectivity index (χ3n) is 2.30. The van der Waals surface area contributed by atoms with Crippen LogP contribution in [0.2, 0.25) is 5.15 Å². The molecule has 1 aliphatic heterocycles. The first-order valence-corrected chi connectivity index (χ1v) is 5.03. The average Bonchev–Trinajstić information content (AvgIpc) is 2.29. The van der Waals surface area contributed by atoms with Gasteiger partial charge in [-0.15, -0.1) is 5.10 Å². The second-order valence-electron chi connectivity index (χ2n) is 3.75. The minimum Gasteiger partial charge on any atom is -0.483 e. The van der Waals surface area contributed by atoms with E-state index in [0.29, 0.717) is 11.4 Å². The van der Waals surface area contributed by atoms with Crippen LogP contribution in [0.3, 0.4) is 0 Å². The van der Waals surface area contributed by atoms with E-state index in [-0.39, 0.29) is 10.9 Å². The maximum absolute atomic E-state index is 13.3. The zero-order valence-electron chi connectivity index (χ0n) is 8.80. The highest BCUT2D eigenvalue weighted by atomic mass is 35.5. The Labute approximate surface area is 96.2 Å². The highest BCUT2D eigenvalue weighted by molar-refractivity contribution is 6.32. The van der Waals surface area contributed by atoms with Crippen LogP contribution < -0.4 is 9.64 Å². The van der Waals surface area contributed by atoms with Crippen LogP contribution in [-0.4, -0.2) is 36.3 Å². The molecule has 7 heteroatoms. The fraction of sp³-hybridized carbons (Fsp3) is 0.556. The Kier molecular flexibility index (Phi) is 2.61. The molecule has 1 aromatic heterocycles. The van der Waals surface area contributed by atoms with E-state index in [1.807, 2.05) is 0 Å². The monoisotopic (exact) mass is 249 g/mol. The summed E-state index contributed by atoms with van der Waals surface area (Å²) >= 11 is 5.83. The first-order chi connectivity index (χ1) is 7.41. The molecule has 4 nitrogen and oxygen atoms in total. The molecule has 16 heavy (non-hydrogen) atoms. The summed E-state index contributed by atoms with van der Waals surface area (Å²) in [7, 11) is 1.52. The van der Waals surface area contributed by atoms with Gasteiger partial charge in [0, 0.05) is 7.05 Å². The summed E-state index contributed by atoms with van der Waals surface area (Å²) in [6.45, 7) is 0.511. The van der Waals surface area contributed by atoms with Crippen molar-refractivity contribution in [2.24, 2.45) is 0 Å². The number of anilines is 1. The van der Waals surface area contributed by atoms with Crippen LogP contribution in [0.15, 0.2) is 0 Å². The van der Waals surface area contributed by atoms with Gasteiger partial charge in [-0.05, 0) is 6.92 Å². The van der Waals surface area contributed by atoms with E-state index in [2.05, 4.69) is 10.2 Å². The maximum atomic E-state index is 13.3. The van der Waals surface area contributed by atoms with Gasteiger partial charge in [0.2, 0.25) is 0 Å². The number of hydrogen-bond donors (Lipinski definition) is 0. The highest BCUT2D eigenvalue weighted by Crippen LogP contribution is 2.39. The number of aromatic nitrogens is 2. The minimum absolute atomic E-state index is 0.0702. The molecule has 0 saturated heterocycles. The summed E-state index contributed by atoms with van der Waals surface area (Å²) in [6, 6.07) is 0. The molecule has 0 aliphatic carbocycles. The molecule has 0 saturated carbocycles. The Morgan fingerprint density at radius 1 is 1.44 bits per heavy atom. The first-order valence-electron chi connectivity index (χ1n) is 4.65. The standard InChI is InChI=1S/C9H10ClF2N3O/c1-5-7-6(8(10)14-13-5)15(2)3-9(11,12)4-16-7/h3-4H2,1-2H3. The van der Waals surface area contributed by atoms with Crippen LogP contribution in [-0.2, 0) is 0 Å². The summed E-state index contributed by atoms with van der Waals surface area (Å²) < 4.78 is 31.7. The molecular formula is C9H10ClF2N3O. The molecule has 2 heterocycles.